The van der Waals surface area contributed by atoms with Gasteiger partial charge in [0.2, 0.25) is 5.91 Å². The Labute approximate surface area is 183 Å². The summed E-state index contributed by atoms with van der Waals surface area (Å²) in [4.78, 5) is 24.2. The highest BCUT2D eigenvalue weighted by Gasteiger charge is 2.20. The molecule has 0 aliphatic carbocycles. The summed E-state index contributed by atoms with van der Waals surface area (Å²) in [6, 6.07) is 13.2. The van der Waals surface area contributed by atoms with Gasteiger partial charge in [-0.2, -0.15) is 0 Å². The van der Waals surface area contributed by atoms with E-state index >= 15 is 0 Å². The Balaban J connectivity index is 1.88. The molecule has 1 amide bonds. The lowest BCUT2D eigenvalue weighted by Gasteiger charge is -2.18. The van der Waals surface area contributed by atoms with Crippen molar-refractivity contribution in [3.8, 4) is 5.75 Å². The van der Waals surface area contributed by atoms with Crippen LogP contribution in [0, 0.1) is 12.8 Å². The Kier molecular flexibility index (Phi) is 7.84. The lowest BCUT2D eigenvalue weighted by Crippen LogP contribution is -2.34. The molecule has 0 saturated heterocycles. The molecule has 168 valence electrons. The lowest BCUT2D eigenvalue weighted by molar-refractivity contribution is -0.124. The molecule has 2 aromatic rings. The fraction of sp³-hybridized carbons (Fsp3) is 0.391. The van der Waals surface area contributed by atoms with Crippen molar-refractivity contribution in [2.75, 3.05) is 5.88 Å². The average molecular weight is 448 g/mol. The van der Waals surface area contributed by atoms with Crippen molar-refractivity contribution in [1.29, 1.82) is 0 Å². The number of hydrogen-bond donors (Lipinski definition) is 1. The van der Waals surface area contributed by atoms with Crippen LogP contribution in [0.15, 0.2) is 53.4 Å². The molecular formula is C23H29NO6S. The Morgan fingerprint density at radius 3 is 2.13 bits per heavy atom. The third-order valence-electron chi connectivity index (χ3n) is 4.32. The van der Waals surface area contributed by atoms with Gasteiger partial charge in [-0.3, -0.25) is 4.79 Å². The first-order valence-electron chi connectivity index (χ1n) is 9.92. The van der Waals surface area contributed by atoms with Crippen LogP contribution in [-0.2, 0) is 25.8 Å². The van der Waals surface area contributed by atoms with Crippen LogP contribution in [0.2, 0.25) is 0 Å². The van der Waals surface area contributed by atoms with E-state index in [0.717, 1.165) is 11.1 Å². The van der Waals surface area contributed by atoms with E-state index < -0.39 is 33.4 Å². The van der Waals surface area contributed by atoms with Gasteiger partial charge in [0.1, 0.15) is 17.2 Å². The molecule has 2 rings (SSSR count). The summed E-state index contributed by atoms with van der Waals surface area (Å²) >= 11 is 0. The second-order valence-electron chi connectivity index (χ2n) is 8.43. The van der Waals surface area contributed by atoms with Gasteiger partial charge in [0.25, 0.3) is 0 Å². The van der Waals surface area contributed by atoms with E-state index in [1.807, 2.05) is 6.92 Å². The van der Waals surface area contributed by atoms with Crippen LogP contribution in [0.3, 0.4) is 0 Å². The van der Waals surface area contributed by atoms with Gasteiger partial charge >= 0.3 is 6.16 Å². The van der Waals surface area contributed by atoms with Crippen LogP contribution in [0.25, 0.3) is 0 Å². The first kappa shape index (κ1) is 24.4. The number of sulfone groups is 1. The second-order valence-corrected chi connectivity index (χ2v) is 10.4. The Morgan fingerprint density at radius 1 is 1.00 bits per heavy atom. The van der Waals surface area contributed by atoms with Gasteiger partial charge in [0.05, 0.1) is 4.90 Å². The highest BCUT2D eigenvalue weighted by molar-refractivity contribution is 7.91. The molecule has 0 radical (unpaired) electrons. The predicted molar refractivity (Wildman–Crippen MR) is 118 cm³/mol. The minimum absolute atomic E-state index is 0.173. The molecule has 2 aromatic carbocycles. The standard InChI is InChI=1S/C23H29NO6S/c1-16-6-12-20(13-7-16)31(27,28)15-24-21(25)17(2)14-18-8-10-19(11-9-18)29-22(26)30-23(3,4)5/h6-13,17H,14-15H2,1-5H3,(H,24,25)/t17-/m0/s1. The minimum atomic E-state index is -3.60. The van der Waals surface area contributed by atoms with Crippen molar-refractivity contribution in [3.63, 3.8) is 0 Å². The van der Waals surface area contributed by atoms with Crippen LogP contribution >= 0.6 is 0 Å². The van der Waals surface area contributed by atoms with E-state index in [9.17, 15) is 18.0 Å². The fourth-order valence-corrected chi connectivity index (χ4v) is 3.73. The highest BCUT2D eigenvalue weighted by atomic mass is 32.2. The summed E-state index contributed by atoms with van der Waals surface area (Å²) in [5, 5.41) is 2.50. The molecule has 0 aliphatic rings. The van der Waals surface area contributed by atoms with Gasteiger partial charge in [-0.1, -0.05) is 36.8 Å². The molecule has 1 N–H and O–H groups in total. The molecule has 0 spiro atoms. The second kappa shape index (κ2) is 9.96. The number of nitrogens with one attached hydrogen (secondary N) is 1. The van der Waals surface area contributed by atoms with Gasteiger partial charge in [-0.15, -0.1) is 0 Å². The minimum Gasteiger partial charge on any atom is -0.428 e. The molecule has 0 aromatic heterocycles. The molecule has 0 unspecified atom stereocenters. The van der Waals surface area contributed by atoms with E-state index in [0.29, 0.717) is 12.2 Å². The Bertz CT molecular complexity index is 1010. The number of carbonyl (C=O) groups excluding carboxylic acids is 2. The summed E-state index contributed by atoms with van der Waals surface area (Å²) in [6.45, 7) is 8.83. The van der Waals surface area contributed by atoms with Crippen LogP contribution < -0.4 is 10.1 Å². The summed E-state index contributed by atoms with van der Waals surface area (Å²) in [5.74, 6) is -0.919. The average Bonchev–Trinajstić information content (AvgIpc) is 2.66. The number of hydrogen-bond acceptors (Lipinski definition) is 6. The van der Waals surface area contributed by atoms with Crippen molar-refractivity contribution in [1.82, 2.24) is 5.32 Å². The first-order chi connectivity index (χ1) is 14.4. The maximum absolute atomic E-state index is 12.4. The number of amides is 1. The number of aryl methyl sites for hydroxylation is 1. The van der Waals surface area contributed by atoms with E-state index in [4.69, 9.17) is 9.47 Å². The van der Waals surface area contributed by atoms with E-state index in [1.54, 1.807) is 64.1 Å². The molecule has 7 nitrogen and oxygen atoms in total. The van der Waals surface area contributed by atoms with Crippen molar-refractivity contribution in [2.45, 2.75) is 51.5 Å². The molecule has 0 aliphatic heterocycles. The van der Waals surface area contributed by atoms with Crippen LogP contribution in [0.1, 0.15) is 38.8 Å². The van der Waals surface area contributed by atoms with Crippen molar-refractivity contribution in [2.24, 2.45) is 5.92 Å². The number of benzene rings is 2. The predicted octanol–water partition coefficient (Wildman–Crippen LogP) is 4.04. The molecule has 0 fully saturated rings. The highest BCUT2D eigenvalue weighted by Crippen LogP contribution is 2.18. The molecular weight excluding hydrogens is 418 g/mol. The summed E-state index contributed by atoms with van der Waals surface area (Å²) in [5.41, 5.74) is 1.16. The van der Waals surface area contributed by atoms with Crippen molar-refractivity contribution < 1.29 is 27.5 Å². The van der Waals surface area contributed by atoms with Gasteiger partial charge < -0.3 is 14.8 Å². The smallest absolute Gasteiger partial charge is 0.428 e. The van der Waals surface area contributed by atoms with Crippen LogP contribution in [0.5, 0.6) is 5.75 Å². The summed E-state index contributed by atoms with van der Waals surface area (Å²) in [7, 11) is -3.60. The van der Waals surface area contributed by atoms with Gasteiger partial charge in [-0.25, -0.2) is 13.2 Å². The topological polar surface area (TPSA) is 98.8 Å². The van der Waals surface area contributed by atoms with Gasteiger partial charge in [0.15, 0.2) is 9.84 Å². The zero-order chi connectivity index (χ0) is 23.2. The molecule has 1 atom stereocenters. The number of ether oxygens (including phenoxy) is 2. The van der Waals surface area contributed by atoms with E-state index in [2.05, 4.69) is 5.32 Å². The molecule has 31 heavy (non-hydrogen) atoms. The van der Waals surface area contributed by atoms with Gasteiger partial charge in [-0.05, 0) is 63.9 Å². The van der Waals surface area contributed by atoms with Crippen LogP contribution in [0.4, 0.5) is 4.79 Å². The molecule has 0 saturated carbocycles. The number of carbonyl (C=O) groups is 2. The summed E-state index contributed by atoms with van der Waals surface area (Å²) in [6.07, 6.45) is -0.383. The largest absolute Gasteiger partial charge is 0.514 e. The SMILES string of the molecule is Cc1ccc(S(=O)(=O)CNC(=O)[C@@H](C)Cc2ccc(OC(=O)OC(C)(C)C)cc2)cc1. The third-order valence-corrected chi connectivity index (χ3v) is 5.83. The van der Waals surface area contributed by atoms with E-state index in [1.165, 1.54) is 12.1 Å². The zero-order valence-corrected chi connectivity index (χ0v) is 19.3. The quantitative estimate of drug-likeness (QED) is 0.508. The Hall–Kier alpha value is -2.87. The monoisotopic (exact) mass is 447 g/mol. The normalized spacial score (nSPS) is 12.7. The molecule has 8 heteroatoms. The third kappa shape index (κ3) is 8.05. The first-order valence-corrected chi connectivity index (χ1v) is 11.6. The Morgan fingerprint density at radius 2 is 1.58 bits per heavy atom. The molecule has 0 bridgehead atoms. The maximum Gasteiger partial charge on any atom is 0.514 e. The molecule has 0 heterocycles. The maximum atomic E-state index is 12.4. The zero-order valence-electron chi connectivity index (χ0n) is 18.5. The summed E-state index contributed by atoms with van der Waals surface area (Å²) < 4.78 is 35.0. The number of rotatable bonds is 7. The van der Waals surface area contributed by atoms with E-state index in [-0.39, 0.29) is 10.8 Å². The van der Waals surface area contributed by atoms with Gasteiger partial charge in [0, 0.05) is 5.92 Å². The lowest BCUT2D eigenvalue weighted by atomic mass is 10.0. The fourth-order valence-electron chi connectivity index (χ4n) is 2.68. The van der Waals surface area contributed by atoms with Crippen molar-refractivity contribution in [3.05, 3.63) is 59.7 Å². The van der Waals surface area contributed by atoms with Crippen LogP contribution in [-0.4, -0.2) is 32.0 Å². The van der Waals surface area contributed by atoms with Crippen molar-refractivity contribution >= 4 is 21.9 Å².